The maximum Gasteiger partial charge on any atom is 0.225 e. The van der Waals surface area contributed by atoms with Gasteiger partial charge in [0.2, 0.25) is 5.91 Å². The van der Waals surface area contributed by atoms with Gasteiger partial charge in [-0.15, -0.1) is 12.4 Å². The maximum atomic E-state index is 13.5. The number of halogens is 2. The molecule has 0 radical (unpaired) electrons. The highest BCUT2D eigenvalue weighted by atomic mass is 35.5. The average molecular weight is 410 g/mol. The zero-order valence-corrected chi connectivity index (χ0v) is 17.5. The monoisotopic (exact) mass is 409 g/mol. The van der Waals surface area contributed by atoms with Crippen LogP contribution in [-0.4, -0.2) is 47.9 Å². The van der Waals surface area contributed by atoms with Gasteiger partial charge in [0.05, 0.1) is 0 Å². The normalized spacial score (nSPS) is 31.8. The van der Waals surface area contributed by atoms with Gasteiger partial charge in [-0.1, -0.05) is 18.6 Å². The first-order chi connectivity index (χ1) is 13.0. The Balaban J connectivity index is 0.00000225. The van der Waals surface area contributed by atoms with Crippen LogP contribution < -0.4 is 5.73 Å². The quantitative estimate of drug-likeness (QED) is 0.829. The SMILES string of the molecule is CC(c1cccc(F)c1)N1CCN(C(=O)C2CC3CCCC(C2)C3N)CC1.Cl. The number of fused-ring (bicyclic) bond motifs is 2. The van der Waals surface area contributed by atoms with E-state index in [4.69, 9.17) is 5.73 Å². The van der Waals surface area contributed by atoms with Crippen molar-refractivity contribution in [3.8, 4) is 0 Å². The molecule has 28 heavy (non-hydrogen) atoms. The molecule has 1 aliphatic heterocycles. The third-order valence-electron chi connectivity index (χ3n) is 7.27. The fraction of sp³-hybridized carbons (Fsp3) is 0.682. The summed E-state index contributed by atoms with van der Waals surface area (Å²) in [6.07, 6.45) is 5.63. The van der Waals surface area contributed by atoms with Crippen LogP contribution in [0.1, 0.15) is 50.6 Å². The Labute approximate surface area is 174 Å². The van der Waals surface area contributed by atoms with Gasteiger partial charge in [-0.05, 0) is 62.1 Å². The highest BCUT2D eigenvalue weighted by Gasteiger charge is 2.42. The molecule has 2 saturated carbocycles. The third-order valence-corrected chi connectivity index (χ3v) is 7.27. The summed E-state index contributed by atoms with van der Waals surface area (Å²) >= 11 is 0. The molecule has 2 N–H and O–H groups in total. The van der Waals surface area contributed by atoms with Gasteiger partial charge in [0, 0.05) is 44.2 Å². The topological polar surface area (TPSA) is 49.6 Å². The summed E-state index contributed by atoms with van der Waals surface area (Å²) in [6.45, 7) is 5.37. The predicted molar refractivity (Wildman–Crippen MR) is 112 cm³/mol. The Bertz CT molecular complexity index is 666. The molecule has 3 fully saturated rings. The molecule has 6 heteroatoms. The second-order valence-electron chi connectivity index (χ2n) is 8.79. The molecule has 2 aliphatic carbocycles. The minimum Gasteiger partial charge on any atom is -0.340 e. The van der Waals surface area contributed by atoms with Crippen molar-refractivity contribution < 1.29 is 9.18 Å². The van der Waals surface area contributed by atoms with Crippen molar-refractivity contribution in [2.45, 2.75) is 51.1 Å². The Kier molecular flexibility index (Phi) is 7.00. The number of amides is 1. The first kappa shape index (κ1) is 21.5. The Morgan fingerprint density at radius 1 is 1.14 bits per heavy atom. The van der Waals surface area contributed by atoms with E-state index in [0.717, 1.165) is 44.6 Å². The van der Waals surface area contributed by atoms with Crippen molar-refractivity contribution in [3.63, 3.8) is 0 Å². The number of nitrogens with two attached hydrogens (primary N) is 1. The van der Waals surface area contributed by atoms with Gasteiger partial charge >= 0.3 is 0 Å². The van der Waals surface area contributed by atoms with Gasteiger partial charge in [-0.25, -0.2) is 4.39 Å². The number of nitrogens with zero attached hydrogens (tertiary/aromatic N) is 2. The molecule has 0 spiro atoms. The van der Waals surface area contributed by atoms with Gasteiger partial charge in [-0.2, -0.15) is 0 Å². The van der Waals surface area contributed by atoms with Gasteiger partial charge in [0.15, 0.2) is 0 Å². The van der Waals surface area contributed by atoms with Crippen LogP contribution in [0.5, 0.6) is 0 Å². The molecule has 156 valence electrons. The van der Waals surface area contributed by atoms with Crippen molar-refractivity contribution in [1.82, 2.24) is 9.80 Å². The van der Waals surface area contributed by atoms with Gasteiger partial charge < -0.3 is 10.6 Å². The third kappa shape index (κ3) is 4.37. The Morgan fingerprint density at radius 3 is 2.39 bits per heavy atom. The van der Waals surface area contributed by atoms with E-state index in [2.05, 4.69) is 16.7 Å². The summed E-state index contributed by atoms with van der Waals surface area (Å²) in [5.41, 5.74) is 7.39. The van der Waals surface area contributed by atoms with Crippen LogP contribution in [0.25, 0.3) is 0 Å². The summed E-state index contributed by atoms with van der Waals surface area (Å²) in [4.78, 5) is 17.5. The van der Waals surface area contributed by atoms with Gasteiger partial charge in [0.1, 0.15) is 5.82 Å². The van der Waals surface area contributed by atoms with E-state index in [0.29, 0.717) is 23.8 Å². The number of rotatable bonds is 3. The number of carbonyl (C=O) groups excluding carboxylic acids is 1. The van der Waals surface area contributed by atoms with Crippen molar-refractivity contribution in [2.24, 2.45) is 23.5 Å². The number of hydrogen-bond donors (Lipinski definition) is 1. The van der Waals surface area contributed by atoms with Crippen LogP contribution in [0.2, 0.25) is 0 Å². The standard InChI is InChI=1S/C22H32FN3O.ClH/c1-15(16-4-3-7-20(23)14-16)25-8-10-26(11-9-25)22(27)19-12-17-5-2-6-18(13-19)21(17)24;/h3-4,7,14-15,17-19,21H,2,5-6,8-13,24H2,1H3;1H. The first-order valence-electron chi connectivity index (χ1n) is 10.6. The van der Waals surface area contributed by atoms with E-state index in [-0.39, 0.29) is 30.2 Å². The number of hydrogen-bond acceptors (Lipinski definition) is 3. The van der Waals surface area contributed by atoms with Gasteiger partial charge in [-0.3, -0.25) is 9.69 Å². The zero-order chi connectivity index (χ0) is 19.0. The van der Waals surface area contributed by atoms with E-state index in [9.17, 15) is 9.18 Å². The van der Waals surface area contributed by atoms with Crippen molar-refractivity contribution >= 4 is 18.3 Å². The summed E-state index contributed by atoms with van der Waals surface area (Å²) in [7, 11) is 0. The molecule has 1 aromatic carbocycles. The number of piperazine rings is 1. The highest BCUT2D eigenvalue weighted by Crippen LogP contribution is 2.42. The van der Waals surface area contributed by atoms with E-state index in [1.165, 1.54) is 25.3 Å². The van der Waals surface area contributed by atoms with Crippen LogP contribution >= 0.6 is 12.4 Å². The molecule has 1 aromatic rings. The summed E-state index contributed by atoms with van der Waals surface area (Å²) < 4.78 is 13.5. The largest absolute Gasteiger partial charge is 0.340 e. The van der Waals surface area contributed by atoms with E-state index >= 15 is 0 Å². The number of carbonyl (C=O) groups is 1. The lowest BCUT2D eigenvalue weighted by molar-refractivity contribution is -0.140. The molecule has 1 heterocycles. The second kappa shape index (κ2) is 9.10. The predicted octanol–water partition coefficient (Wildman–Crippen LogP) is 3.61. The molecule has 1 saturated heterocycles. The lowest BCUT2D eigenvalue weighted by Crippen LogP contribution is -2.53. The summed E-state index contributed by atoms with van der Waals surface area (Å²) in [5.74, 6) is 1.42. The smallest absolute Gasteiger partial charge is 0.225 e. The Hall–Kier alpha value is -1.17. The number of benzene rings is 1. The summed E-state index contributed by atoms with van der Waals surface area (Å²) in [5, 5.41) is 0. The second-order valence-corrected chi connectivity index (χ2v) is 8.79. The summed E-state index contributed by atoms with van der Waals surface area (Å²) in [6, 6.07) is 7.34. The van der Waals surface area contributed by atoms with Crippen LogP contribution in [0.3, 0.4) is 0 Å². The molecule has 3 unspecified atom stereocenters. The molecule has 4 rings (SSSR count). The maximum absolute atomic E-state index is 13.5. The molecule has 0 aromatic heterocycles. The highest BCUT2D eigenvalue weighted by molar-refractivity contribution is 5.85. The molecular formula is C22H33ClFN3O. The molecule has 1 amide bonds. The van der Waals surface area contributed by atoms with Crippen molar-refractivity contribution in [1.29, 1.82) is 0 Å². The average Bonchev–Trinajstić information content (AvgIpc) is 2.67. The van der Waals surface area contributed by atoms with Crippen LogP contribution in [0.4, 0.5) is 4.39 Å². The Morgan fingerprint density at radius 2 is 1.79 bits per heavy atom. The molecule has 2 bridgehead atoms. The molecule has 3 atom stereocenters. The van der Waals surface area contributed by atoms with Crippen LogP contribution in [-0.2, 0) is 4.79 Å². The fourth-order valence-corrected chi connectivity index (χ4v) is 5.56. The minimum absolute atomic E-state index is 0. The lowest BCUT2D eigenvalue weighted by Gasteiger charge is -2.45. The van der Waals surface area contributed by atoms with Crippen molar-refractivity contribution in [3.05, 3.63) is 35.6 Å². The molecule has 4 nitrogen and oxygen atoms in total. The lowest BCUT2D eigenvalue weighted by atomic mass is 9.65. The zero-order valence-electron chi connectivity index (χ0n) is 16.7. The minimum atomic E-state index is -0.186. The first-order valence-corrected chi connectivity index (χ1v) is 10.6. The van der Waals surface area contributed by atoms with Crippen LogP contribution in [0, 0.1) is 23.6 Å². The molecular weight excluding hydrogens is 377 g/mol. The molecule has 3 aliphatic rings. The fourth-order valence-electron chi connectivity index (χ4n) is 5.56. The van der Waals surface area contributed by atoms with E-state index in [1.54, 1.807) is 12.1 Å². The van der Waals surface area contributed by atoms with Gasteiger partial charge in [0.25, 0.3) is 0 Å². The van der Waals surface area contributed by atoms with Crippen LogP contribution in [0.15, 0.2) is 24.3 Å². The van der Waals surface area contributed by atoms with E-state index in [1.807, 2.05) is 6.07 Å². The van der Waals surface area contributed by atoms with Crippen molar-refractivity contribution in [2.75, 3.05) is 26.2 Å². The van der Waals surface area contributed by atoms with E-state index < -0.39 is 0 Å².